The maximum absolute atomic E-state index is 11.7. The Labute approximate surface area is 169 Å². The van der Waals surface area contributed by atoms with Gasteiger partial charge in [-0.3, -0.25) is 19.2 Å². The average molecular weight is 415 g/mol. The van der Waals surface area contributed by atoms with Gasteiger partial charge in [0.1, 0.15) is 5.60 Å². The van der Waals surface area contributed by atoms with Crippen molar-refractivity contribution in [3.63, 3.8) is 0 Å². The van der Waals surface area contributed by atoms with Gasteiger partial charge in [0, 0.05) is 32.2 Å². The minimum atomic E-state index is -0.726. The number of carbonyl (C=O) groups is 5. The standard InChI is InChI=1S/C18H29N3O8/c1-18(2,3)28-17(26)20-27-12-5-4-11-19-13(22)7-6-8-16(25)29-21-14(23)9-10-15(21)24/h4-12H2,1-3H3,(H,19,22)(H,20,26). The highest BCUT2D eigenvalue weighted by Gasteiger charge is 2.32. The molecule has 0 radical (unpaired) electrons. The molecule has 0 aromatic heterocycles. The third kappa shape index (κ3) is 11.0. The molecule has 4 amide bonds. The topological polar surface area (TPSA) is 140 Å². The first-order valence-corrected chi connectivity index (χ1v) is 9.52. The lowest BCUT2D eigenvalue weighted by atomic mass is 10.2. The van der Waals surface area contributed by atoms with E-state index in [0.717, 1.165) is 0 Å². The SMILES string of the molecule is CC(C)(C)OC(=O)NOCCCCNC(=O)CCCC(=O)ON1C(=O)CCC1=O. The number of hydroxylamine groups is 3. The first kappa shape index (κ1) is 24.3. The van der Waals surface area contributed by atoms with E-state index in [0.29, 0.717) is 24.4 Å². The van der Waals surface area contributed by atoms with Crippen LogP contribution < -0.4 is 10.8 Å². The van der Waals surface area contributed by atoms with Crippen molar-refractivity contribution in [2.24, 2.45) is 0 Å². The molecular weight excluding hydrogens is 386 g/mol. The van der Waals surface area contributed by atoms with Crippen LogP contribution in [0.1, 0.15) is 65.7 Å². The monoisotopic (exact) mass is 415 g/mol. The lowest BCUT2D eigenvalue weighted by molar-refractivity contribution is -0.197. The minimum Gasteiger partial charge on any atom is -0.442 e. The molecule has 0 unspecified atom stereocenters. The molecule has 1 fully saturated rings. The van der Waals surface area contributed by atoms with E-state index in [4.69, 9.17) is 14.4 Å². The van der Waals surface area contributed by atoms with Crippen molar-refractivity contribution in [3.05, 3.63) is 0 Å². The molecule has 1 saturated heterocycles. The van der Waals surface area contributed by atoms with E-state index < -0.39 is 29.5 Å². The number of imide groups is 1. The van der Waals surface area contributed by atoms with Crippen molar-refractivity contribution in [2.75, 3.05) is 13.2 Å². The Morgan fingerprint density at radius 2 is 1.66 bits per heavy atom. The molecule has 11 heteroatoms. The van der Waals surface area contributed by atoms with Crippen molar-refractivity contribution in [1.82, 2.24) is 15.9 Å². The molecule has 29 heavy (non-hydrogen) atoms. The fourth-order valence-electron chi connectivity index (χ4n) is 2.22. The first-order chi connectivity index (χ1) is 13.6. The smallest absolute Gasteiger partial charge is 0.431 e. The molecule has 0 aliphatic carbocycles. The summed E-state index contributed by atoms with van der Waals surface area (Å²) in [6.07, 6.45) is 0.950. The van der Waals surface area contributed by atoms with E-state index in [1.807, 2.05) is 0 Å². The molecule has 0 aromatic carbocycles. The van der Waals surface area contributed by atoms with Crippen LogP contribution in [0.15, 0.2) is 0 Å². The van der Waals surface area contributed by atoms with Gasteiger partial charge >= 0.3 is 12.1 Å². The lowest BCUT2D eigenvalue weighted by Crippen LogP contribution is -2.33. The molecule has 0 atom stereocenters. The highest BCUT2D eigenvalue weighted by molar-refractivity contribution is 6.01. The highest BCUT2D eigenvalue weighted by Crippen LogP contribution is 2.13. The van der Waals surface area contributed by atoms with Crippen LogP contribution in [0.25, 0.3) is 0 Å². The van der Waals surface area contributed by atoms with Gasteiger partial charge in [-0.2, -0.15) is 5.48 Å². The zero-order valence-corrected chi connectivity index (χ0v) is 17.1. The summed E-state index contributed by atoms with van der Waals surface area (Å²) < 4.78 is 5.00. The van der Waals surface area contributed by atoms with Gasteiger partial charge < -0.3 is 14.9 Å². The summed E-state index contributed by atoms with van der Waals surface area (Å²) in [5, 5.41) is 3.19. The van der Waals surface area contributed by atoms with Crippen molar-refractivity contribution in [3.8, 4) is 0 Å². The van der Waals surface area contributed by atoms with Gasteiger partial charge in [0.05, 0.1) is 6.61 Å². The van der Waals surface area contributed by atoms with Crippen LogP contribution >= 0.6 is 0 Å². The van der Waals surface area contributed by atoms with Crippen LogP contribution in [0.2, 0.25) is 0 Å². The summed E-state index contributed by atoms with van der Waals surface area (Å²) in [5.41, 5.74) is 1.57. The molecule has 1 heterocycles. The van der Waals surface area contributed by atoms with E-state index in [-0.39, 0.29) is 44.6 Å². The van der Waals surface area contributed by atoms with Crippen molar-refractivity contribution < 1.29 is 38.4 Å². The Bertz CT molecular complexity index is 599. The third-order valence-corrected chi connectivity index (χ3v) is 3.53. The summed E-state index contributed by atoms with van der Waals surface area (Å²) in [6.45, 7) is 5.93. The molecule has 0 saturated carbocycles. The van der Waals surface area contributed by atoms with Crippen LogP contribution in [-0.4, -0.2) is 53.6 Å². The van der Waals surface area contributed by atoms with E-state index >= 15 is 0 Å². The van der Waals surface area contributed by atoms with Crippen LogP contribution in [0, 0.1) is 0 Å². The van der Waals surface area contributed by atoms with Gasteiger partial charge in [0.15, 0.2) is 0 Å². The predicted molar refractivity (Wildman–Crippen MR) is 98.6 cm³/mol. The Hall–Kier alpha value is -2.69. The van der Waals surface area contributed by atoms with Gasteiger partial charge in [-0.15, -0.1) is 5.06 Å². The number of amides is 4. The molecule has 0 aromatic rings. The number of nitrogens with zero attached hydrogens (tertiary/aromatic N) is 1. The number of ether oxygens (including phenoxy) is 1. The largest absolute Gasteiger partial charge is 0.442 e. The summed E-state index contributed by atoms with van der Waals surface area (Å²) in [4.78, 5) is 67.0. The Kier molecular flexibility index (Phi) is 10.1. The van der Waals surface area contributed by atoms with Crippen molar-refractivity contribution in [1.29, 1.82) is 0 Å². The lowest BCUT2D eigenvalue weighted by Gasteiger charge is -2.19. The first-order valence-electron chi connectivity index (χ1n) is 9.52. The average Bonchev–Trinajstić information content (AvgIpc) is 2.91. The normalized spacial score (nSPS) is 14.0. The number of nitrogens with one attached hydrogen (secondary N) is 2. The van der Waals surface area contributed by atoms with Gasteiger partial charge in [-0.25, -0.2) is 9.59 Å². The maximum atomic E-state index is 11.7. The van der Waals surface area contributed by atoms with Crippen LogP contribution in [0.5, 0.6) is 0 Å². The predicted octanol–water partition coefficient (Wildman–Crippen LogP) is 1.12. The van der Waals surface area contributed by atoms with Gasteiger partial charge in [0.2, 0.25) is 5.91 Å². The third-order valence-electron chi connectivity index (χ3n) is 3.53. The van der Waals surface area contributed by atoms with E-state index in [1.165, 1.54) is 0 Å². The molecule has 164 valence electrons. The Balaban J connectivity index is 1.99. The summed E-state index contributed by atoms with van der Waals surface area (Å²) in [6, 6.07) is 0. The number of rotatable bonds is 11. The number of hydrogen-bond donors (Lipinski definition) is 2. The number of hydrogen-bond acceptors (Lipinski definition) is 8. The number of carbonyl (C=O) groups excluding carboxylic acids is 5. The minimum absolute atomic E-state index is 0.0383. The van der Waals surface area contributed by atoms with E-state index in [2.05, 4.69) is 10.8 Å². The van der Waals surface area contributed by atoms with Crippen molar-refractivity contribution in [2.45, 2.75) is 71.3 Å². The van der Waals surface area contributed by atoms with Crippen LogP contribution in [0.4, 0.5) is 4.79 Å². The fourth-order valence-corrected chi connectivity index (χ4v) is 2.22. The van der Waals surface area contributed by atoms with Gasteiger partial charge in [-0.1, -0.05) is 0 Å². The van der Waals surface area contributed by atoms with E-state index in [9.17, 15) is 24.0 Å². The van der Waals surface area contributed by atoms with Gasteiger partial charge in [-0.05, 0) is 40.0 Å². The molecule has 0 bridgehead atoms. The Morgan fingerprint density at radius 3 is 2.28 bits per heavy atom. The van der Waals surface area contributed by atoms with E-state index in [1.54, 1.807) is 20.8 Å². The summed E-state index contributed by atoms with van der Waals surface area (Å²) in [5.74, 6) is -2.02. The molecule has 1 rings (SSSR count). The Morgan fingerprint density at radius 1 is 1.00 bits per heavy atom. The summed E-state index contributed by atoms with van der Waals surface area (Å²) in [7, 11) is 0. The molecule has 2 N–H and O–H groups in total. The molecule has 1 aliphatic rings. The number of unbranched alkanes of at least 4 members (excludes halogenated alkanes) is 1. The molecule has 1 aliphatic heterocycles. The zero-order chi connectivity index (χ0) is 21.9. The van der Waals surface area contributed by atoms with Crippen molar-refractivity contribution >= 4 is 29.8 Å². The van der Waals surface area contributed by atoms with Crippen LogP contribution in [-0.2, 0) is 33.6 Å². The second-order valence-electron chi connectivity index (χ2n) is 7.41. The highest BCUT2D eigenvalue weighted by atomic mass is 16.7. The fraction of sp³-hybridized carbons (Fsp3) is 0.722. The second kappa shape index (κ2) is 12.0. The van der Waals surface area contributed by atoms with Crippen LogP contribution in [0.3, 0.4) is 0 Å². The molecule has 0 spiro atoms. The summed E-state index contributed by atoms with van der Waals surface area (Å²) >= 11 is 0. The maximum Gasteiger partial charge on any atom is 0.431 e. The zero-order valence-electron chi connectivity index (χ0n) is 17.1. The molecular formula is C18H29N3O8. The quantitative estimate of drug-likeness (QED) is 0.291. The van der Waals surface area contributed by atoms with Gasteiger partial charge in [0.25, 0.3) is 11.8 Å². The second-order valence-corrected chi connectivity index (χ2v) is 7.41. The molecule has 11 nitrogen and oxygen atoms in total.